The van der Waals surface area contributed by atoms with Crippen molar-refractivity contribution in [1.82, 2.24) is 0 Å². The second-order valence-electron chi connectivity index (χ2n) is 2.76. The summed E-state index contributed by atoms with van der Waals surface area (Å²) in [5.74, 6) is 4.66. The van der Waals surface area contributed by atoms with Crippen LogP contribution in [0.3, 0.4) is 0 Å². The van der Waals surface area contributed by atoms with Gasteiger partial charge in [0.25, 0.3) is 0 Å². The number of nitrogens with one attached hydrogen (secondary N) is 1. The van der Waals surface area contributed by atoms with E-state index >= 15 is 0 Å². The molecule has 0 unspecified atom stereocenters. The average Bonchev–Trinajstić information content (AvgIpc) is 2.18. The third-order valence-corrected chi connectivity index (χ3v) is 1.65. The minimum atomic E-state index is -4.76. The third-order valence-electron chi connectivity index (χ3n) is 1.65. The van der Waals surface area contributed by atoms with Crippen molar-refractivity contribution in [2.24, 2.45) is 5.84 Å². The Morgan fingerprint density at radius 3 is 2.56 bits per heavy atom. The lowest BCUT2D eigenvalue weighted by atomic mass is 10.2. The fourth-order valence-corrected chi connectivity index (χ4v) is 1.13. The highest BCUT2D eigenvalue weighted by Crippen LogP contribution is 2.37. The average molecular weight is 236 g/mol. The largest absolute Gasteiger partial charge is 0.573 e. The number of rotatable bonds is 4. The number of anilines is 1. The maximum atomic E-state index is 12.1. The zero-order valence-electron chi connectivity index (χ0n) is 8.47. The highest BCUT2D eigenvalue weighted by atomic mass is 19.4. The quantitative estimate of drug-likeness (QED) is 0.622. The van der Waals surface area contributed by atoms with Crippen LogP contribution in [0.4, 0.5) is 18.9 Å². The monoisotopic (exact) mass is 236 g/mol. The minimum absolute atomic E-state index is 0.0650. The molecule has 0 aliphatic carbocycles. The molecule has 3 N–H and O–H groups in total. The van der Waals surface area contributed by atoms with Crippen LogP contribution in [0.5, 0.6) is 11.5 Å². The van der Waals surface area contributed by atoms with Gasteiger partial charge in [-0.05, 0) is 19.1 Å². The SMILES string of the molecule is CCOc1c(NN)cccc1OC(F)(F)F. The highest BCUT2D eigenvalue weighted by molar-refractivity contribution is 5.62. The van der Waals surface area contributed by atoms with Crippen molar-refractivity contribution in [3.05, 3.63) is 18.2 Å². The first kappa shape index (κ1) is 12.4. The van der Waals surface area contributed by atoms with E-state index in [9.17, 15) is 13.2 Å². The van der Waals surface area contributed by atoms with E-state index in [0.717, 1.165) is 6.07 Å². The van der Waals surface area contributed by atoms with Crippen LogP contribution in [0.2, 0.25) is 0 Å². The summed E-state index contributed by atoms with van der Waals surface area (Å²) >= 11 is 0. The van der Waals surface area contributed by atoms with Crippen LogP contribution in [0.25, 0.3) is 0 Å². The molecule has 0 spiro atoms. The lowest BCUT2D eigenvalue weighted by molar-refractivity contribution is -0.275. The number of para-hydroxylation sites is 1. The Hall–Kier alpha value is -1.63. The molecule has 7 heteroatoms. The Balaban J connectivity index is 3.06. The maximum Gasteiger partial charge on any atom is 0.573 e. The minimum Gasteiger partial charge on any atom is -0.488 e. The van der Waals surface area contributed by atoms with Crippen molar-refractivity contribution in [3.63, 3.8) is 0 Å². The van der Waals surface area contributed by atoms with Crippen molar-refractivity contribution in [2.75, 3.05) is 12.0 Å². The van der Waals surface area contributed by atoms with Crippen LogP contribution in [-0.4, -0.2) is 13.0 Å². The molecule has 0 aliphatic heterocycles. The molecule has 0 saturated carbocycles. The summed E-state index contributed by atoms with van der Waals surface area (Å²) in [5, 5.41) is 0. The molecule has 0 atom stereocenters. The number of hydrogen-bond donors (Lipinski definition) is 2. The lowest BCUT2D eigenvalue weighted by Crippen LogP contribution is -2.18. The van der Waals surface area contributed by atoms with Gasteiger partial charge in [0, 0.05) is 0 Å². The molecule has 0 radical (unpaired) electrons. The van der Waals surface area contributed by atoms with E-state index in [4.69, 9.17) is 10.6 Å². The number of halogens is 3. The summed E-state index contributed by atoms with van der Waals surface area (Å²) in [6, 6.07) is 4.01. The molecule has 1 aromatic carbocycles. The highest BCUT2D eigenvalue weighted by Gasteiger charge is 2.32. The van der Waals surface area contributed by atoms with Gasteiger partial charge in [-0.25, -0.2) is 0 Å². The molecule has 0 amide bonds. The fourth-order valence-electron chi connectivity index (χ4n) is 1.13. The van der Waals surface area contributed by atoms with E-state index in [-0.39, 0.29) is 18.0 Å². The summed E-state index contributed by atoms with van der Waals surface area (Å²) in [5.41, 5.74) is 2.46. The fraction of sp³-hybridized carbons (Fsp3) is 0.333. The summed E-state index contributed by atoms with van der Waals surface area (Å²) in [7, 11) is 0. The van der Waals surface area contributed by atoms with Crippen LogP contribution in [0, 0.1) is 0 Å². The van der Waals surface area contributed by atoms with Crippen LogP contribution in [0.15, 0.2) is 18.2 Å². The summed E-state index contributed by atoms with van der Waals surface area (Å²) in [6.45, 7) is 1.84. The predicted octanol–water partition coefficient (Wildman–Crippen LogP) is 2.27. The normalized spacial score (nSPS) is 11.1. The molecule has 16 heavy (non-hydrogen) atoms. The summed E-state index contributed by atoms with van der Waals surface area (Å²) in [4.78, 5) is 0. The first-order valence-corrected chi connectivity index (χ1v) is 4.46. The Morgan fingerprint density at radius 1 is 1.38 bits per heavy atom. The molecule has 0 aromatic heterocycles. The standard InChI is InChI=1S/C9H11F3N2O2/c1-2-15-8-6(14-13)4-3-5-7(8)16-9(10,11)12/h3-5,14H,2,13H2,1H3. The molecule has 90 valence electrons. The van der Waals surface area contributed by atoms with Crippen molar-refractivity contribution < 1.29 is 22.6 Å². The molecule has 0 heterocycles. The van der Waals surface area contributed by atoms with Crippen molar-refractivity contribution in [2.45, 2.75) is 13.3 Å². The van der Waals surface area contributed by atoms with Gasteiger partial charge >= 0.3 is 6.36 Å². The smallest absolute Gasteiger partial charge is 0.488 e. The van der Waals surface area contributed by atoms with E-state index in [1.807, 2.05) is 0 Å². The van der Waals surface area contributed by atoms with Gasteiger partial charge in [-0.1, -0.05) is 6.07 Å². The van der Waals surface area contributed by atoms with Gasteiger partial charge in [0.1, 0.15) is 0 Å². The topological polar surface area (TPSA) is 56.5 Å². The van der Waals surface area contributed by atoms with Crippen molar-refractivity contribution in [1.29, 1.82) is 0 Å². The molecule has 4 nitrogen and oxygen atoms in total. The second-order valence-corrected chi connectivity index (χ2v) is 2.76. The van der Waals surface area contributed by atoms with E-state index in [1.165, 1.54) is 12.1 Å². The number of hydrogen-bond acceptors (Lipinski definition) is 4. The van der Waals surface area contributed by atoms with E-state index in [2.05, 4.69) is 10.2 Å². The van der Waals surface area contributed by atoms with Crippen LogP contribution in [0.1, 0.15) is 6.92 Å². The molecule has 1 rings (SSSR count). The number of benzene rings is 1. The van der Waals surface area contributed by atoms with Gasteiger partial charge in [-0.15, -0.1) is 13.2 Å². The van der Waals surface area contributed by atoms with E-state index in [0.29, 0.717) is 0 Å². The Labute approximate surface area is 90.1 Å². The van der Waals surface area contributed by atoms with Crippen LogP contribution in [-0.2, 0) is 0 Å². The summed E-state index contributed by atoms with van der Waals surface area (Å²) < 4.78 is 45.0. The molecule has 0 aliphatic rings. The zero-order valence-corrected chi connectivity index (χ0v) is 8.47. The molecular formula is C9H11F3N2O2. The number of nitrogen functional groups attached to an aromatic ring is 1. The van der Waals surface area contributed by atoms with Crippen molar-refractivity contribution >= 4 is 5.69 Å². The third kappa shape index (κ3) is 3.20. The molecule has 0 saturated heterocycles. The maximum absolute atomic E-state index is 12.1. The van der Waals surface area contributed by atoms with Gasteiger partial charge in [0.2, 0.25) is 0 Å². The van der Waals surface area contributed by atoms with Gasteiger partial charge in [-0.2, -0.15) is 0 Å². The van der Waals surface area contributed by atoms with E-state index < -0.39 is 12.1 Å². The molecular weight excluding hydrogens is 225 g/mol. The second kappa shape index (κ2) is 4.93. The van der Waals surface area contributed by atoms with Crippen molar-refractivity contribution in [3.8, 4) is 11.5 Å². The molecule has 1 aromatic rings. The Bertz CT molecular complexity index is 355. The Kier molecular flexibility index (Phi) is 3.83. The first-order chi connectivity index (χ1) is 7.48. The van der Waals surface area contributed by atoms with Gasteiger partial charge in [-0.3, -0.25) is 5.84 Å². The van der Waals surface area contributed by atoms with E-state index in [1.54, 1.807) is 6.92 Å². The number of nitrogens with two attached hydrogens (primary N) is 1. The Morgan fingerprint density at radius 2 is 2.06 bits per heavy atom. The number of hydrazine groups is 1. The van der Waals surface area contributed by atoms with Gasteiger partial charge < -0.3 is 14.9 Å². The molecule has 0 fully saturated rings. The van der Waals surface area contributed by atoms with Gasteiger partial charge in [0.05, 0.1) is 12.3 Å². The van der Waals surface area contributed by atoms with Crippen LogP contribution >= 0.6 is 0 Å². The van der Waals surface area contributed by atoms with Gasteiger partial charge in [0.15, 0.2) is 11.5 Å². The molecule has 0 bridgehead atoms. The number of alkyl halides is 3. The lowest BCUT2D eigenvalue weighted by Gasteiger charge is -2.15. The first-order valence-electron chi connectivity index (χ1n) is 4.46. The number of ether oxygens (including phenoxy) is 2. The summed E-state index contributed by atoms with van der Waals surface area (Å²) in [6.07, 6.45) is -4.76. The predicted molar refractivity (Wildman–Crippen MR) is 52.1 cm³/mol. The zero-order chi connectivity index (χ0) is 12.2. The van der Waals surface area contributed by atoms with Crippen LogP contribution < -0.4 is 20.7 Å².